The lowest BCUT2D eigenvalue weighted by atomic mass is 10.1. The molecule has 2 rings (SSSR count). The Balaban J connectivity index is 2.11. The zero-order valence-corrected chi connectivity index (χ0v) is 10.4. The third-order valence-electron chi connectivity index (χ3n) is 2.67. The van der Waals surface area contributed by atoms with E-state index in [2.05, 4.69) is 22.5 Å². The van der Waals surface area contributed by atoms with Crippen molar-refractivity contribution < 1.29 is 4.79 Å². The van der Waals surface area contributed by atoms with Crippen LogP contribution in [0.2, 0.25) is 0 Å². The number of para-hydroxylation sites is 1. The number of H-pyrrole nitrogens is 1. The molecule has 1 aromatic heterocycles. The molecule has 0 aliphatic heterocycles. The molecule has 0 saturated carbocycles. The molecule has 4 nitrogen and oxygen atoms in total. The Hall–Kier alpha value is -2.07. The first-order valence-corrected chi connectivity index (χ1v) is 6.04. The van der Waals surface area contributed by atoms with Crippen LogP contribution in [0.5, 0.6) is 0 Å². The maximum absolute atomic E-state index is 11.9. The maximum Gasteiger partial charge on any atom is 0.272 e. The molecule has 0 aliphatic carbocycles. The second kappa shape index (κ2) is 6.02. The van der Waals surface area contributed by atoms with E-state index in [4.69, 9.17) is 0 Å². The van der Waals surface area contributed by atoms with Gasteiger partial charge in [0.1, 0.15) is 5.69 Å². The van der Waals surface area contributed by atoms with Crippen LogP contribution in [-0.4, -0.2) is 17.4 Å². The Morgan fingerprint density at radius 3 is 2.78 bits per heavy atom. The number of nitrogens with one attached hydrogen (secondary N) is 3. The van der Waals surface area contributed by atoms with Crippen LogP contribution < -0.4 is 10.6 Å². The number of amides is 1. The zero-order valence-electron chi connectivity index (χ0n) is 10.4. The number of aromatic nitrogens is 1. The fourth-order valence-electron chi connectivity index (χ4n) is 1.72. The standard InChI is InChI=1S/C14H17N3O/c1-2-15-10-11-6-3-4-7-12(11)17-14(18)13-8-5-9-16-13/h3-9,15-16H,2,10H2,1H3,(H,17,18). The molecule has 1 heterocycles. The normalized spacial score (nSPS) is 10.3. The molecule has 3 N–H and O–H groups in total. The molecule has 0 bridgehead atoms. The van der Waals surface area contributed by atoms with Gasteiger partial charge in [0.25, 0.3) is 5.91 Å². The minimum Gasteiger partial charge on any atom is -0.357 e. The van der Waals surface area contributed by atoms with Crippen molar-refractivity contribution in [2.75, 3.05) is 11.9 Å². The smallest absolute Gasteiger partial charge is 0.272 e. The summed E-state index contributed by atoms with van der Waals surface area (Å²) in [5.74, 6) is -0.121. The van der Waals surface area contributed by atoms with Gasteiger partial charge < -0.3 is 15.6 Å². The van der Waals surface area contributed by atoms with Gasteiger partial charge in [-0.2, -0.15) is 0 Å². The van der Waals surface area contributed by atoms with Crippen molar-refractivity contribution in [3.05, 3.63) is 53.9 Å². The molecule has 0 radical (unpaired) electrons. The maximum atomic E-state index is 11.9. The summed E-state index contributed by atoms with van der Waals surface area (Å²) in [7, 11) is 0. The molecule has 2 aromatic rings. The summed E-state index contributed by atoms with van der Waals surface area (Å²) in [5, 5.41) is 6.17. The largest absolute Gasteiger partial charge is 0.357 e. The molecule has 1 amide bonds. The van der Waals surface area contributed by atoms with Gasteiger partial charge in [-0.25, -0.2) is 0 Å². The van der Waals surface area contributed by atoms with Gasteiger partial charge >= 0.3 is 0 Å². The monoisotopic (exact) mass is 243 g/mol. The Bertz CT molecular complexity index is 506. The van der Waals surface area contributed by atoms with Crippen molar-refractivity contribution >= 4 is 11.6 Å². The van der Waals surface area contributed by atoms with E-state index in [1.165, 1.54) is 0 Å². The van der Waals surface area contributed by atoms with E-state index in [-0.39, 0.29) is 5.91 Å². The van der Waals surface area contributed by atoms with Crippen molar-refractivity contribution in [2.45, 2.75) is 13.5 Å². The van der Waals surface area contributed by atoms with Crippen molar-refractivity contribution in [2.24, 2.45) is 0 Å². The molecule has 0 aliphatic rings. The highest BCUT2D eigenvalue weighted by Gasteiger charge is 2.08. The third kappa shape index (κ3) is 2.99. The Morgan fingerprint density at radius 1 is 1.22 bits per heavy atom. The SMILES string of the molecule is CCNCc1ccccc1NC(=O)c1ccc[nH]1. The predicted molar refractivity (Wildman–Crippen MR) is 72.6 cm³/mol. The van der Waals surface area contributed by atoms with Gasteiger partial charge in [-0.1, -0.05) is 25.1 Å². The van der Waals surface area contributed by atoms with Crippen LogP contribution in [0.3, 0.4) is 0 Å². The molecule has 0 saturated heterocycles. The Labute approximate surface area is 106 Å². The first-order chi connectivity index (χ1) is 8.81. The highest BCUT2D eigenvalue weighted by Crippen LogP contribution is 2.15. The summed E-state index contributed by atoms with van der Waals surface area (Å²) in [5.41, 5.74) is 2.49. The van der Waals surface area contributed by atoms with E-state index in [0.29, 0.717) is 5.69 Å². The van der Waals surface area contributed by atoms with Gasteiger partial charge in [0.2, 0.25) is 0 Å². The highest BCUT2D eigenvalue weighted by atomic mass is 16.1. The van der Waals surface area contributed by atoms with Gasteiger partial charge in [-0.3, -0.25) is 4.79 Å². The fourth-order valence-corrected chi connectivity index (χ4v) is 1.72. The van der Waals surface area contributed by atoms with E-state index < -0.39 is 0 Å². The minimum atomic E-state index is -0.121. The first-order valence-electron chi connectivity index (χ1n) is 6.04. The van der Waals surface area contributed by atoms with E-state index in [1.807, 2.05) is 24.3 Å². The summed E-state index contributed by atoms with van der Waals surface area (Å²) in [6, 6.07) is 11.4. The summed E-state index contributed by atoms with van der Waals surface area (Å²) < 4.78 is 0. The number of benzene rings is 1. The second-order valence-electron chi connectivity index (χ2n) is 3.98. The average molecular weight is 243 g/mol. The molecule has 0 spiro atoms. The molecule has 18 heavy (non-hydrogen) atoms. The minimum absolute atomic E-state index is 0.121. The number of carbonyl (C=O) groups excluding carboxylic acids is 1. The van der Waals surface area contributed by atoms with E-state index in [1.54, 1.807) is 18.3 Å². The quantitative estimate of drug-likeness (QED) is 0.755. The van der Waals surface area contributed by atoms with Gasteiger partial charge in [0.05, 0.1) is 0 Å². The fraction of sp³-hybridized carbons (Fsp3) is 0.214. The Kier molecular flexibility index (Phi) is 4.15. The zero-order chi connectivity index (χ0) is 12.8. The van der Waals surface area contributed by atoms with E-state index in [9.17, 15) is 4.79 Å². The van der Waals surface area contributed by atoms with Gasteiger partial charge in [-0.15, -0.1) is 0 Å². The number of rotatable bonds is 5. The van der Waals surface area contributed by atoms with E-state index in [0.717, 1.165) is 24.3 Å². The van der Waals surface area contributed by atoms with Crippen LogP contribution in [0.25, 0.3) is 0 Å². The van der Waals surface area contributed by atoms with Crippen molar-refractivity contribution in [3.8, 4) is 0 Å². The molecular formula is C14H17N3O. The number of carbonyl (C=O) groups is 1. The number of aromatic amines is 1. The number of hydrogen-bond acceptors (Lipinski definition) is 2. The average Bonchev–Trinajstić information content (AvgIpc) is 2.91. The molecular weight excluding hydrogens is 226 g/mol. The van der Waals surface area contributed by atoms with Crippen molar-refractivity contribution in [3.63, 3.8) is 0 Å². The first kappa shape index (κ1) is 12.4. The van der Waals surface area contributed by atoms with Crippen LogP contribution in [-0.2, 0) is 6.54 Å². The lowest BCUT2D eigenvalue weighted by Gasteiger charge is -2.10. The van der Waals surface area contributed by atoms with Crippen LogP contribution in [0.15, 0.2) is 42.6 Å². The summed E-state index contributed by atoms with van der Waals surface area (Å²) in [6.45, 7) is 3.71. The summed E-state index contributed by atoms with van der Waals surface area (Å²) >= 11 is 0. The second-order valence-corrected chi connectivity index (χ2v) is 3.98. The third-order valence-corrected chi connectivity index (χ3v) is 2.67. The van der Waals surface area contributed by atoms with Crippen LogP contribution in [0, 0.1) is 0 Å². The summed E-state index contributed by atoms with van der Waals surface area (Å²) in [6.07, 6.45) is 1.74. The molecule has 1 aromatic carbocycles. The summed E-state index contributed by atoms with van der Waals surface area (Å²) in [4.78, 5) is 14.8. The lowest BCUT2D eigenvalue weighted by molar-refractivity contribution is 0.102. The van der Waals surface area contributed by atoms with Crippen LogP contribution in [0.4, 0.5) is 5.69 Å². The molecule has 4 heteroatoms. The van der Waals surface area contributed by atoms with Gasteiger partial charge in [0, 0.05) is 18.4 Å². The Morgan fingerprint density at radius 2 is 2.06 bits per heavy atom. The number of hydrogen-bond donors (Lipinski definition) is 3. The highest BCUT2D eigenvalue weighted by molar-refractivity contribution is 6.03. The van der Waals surface area contributed by atoms with Crippen molar-refractivity contribution in [1.29, 1.82) is 0 Å². The molecule has 0 atom stereocenters. The lowest BCUT2D eigenvalue weighted by Crippen LogP contribution is -2.17. The van der Waals surface area contributed by atoms with Crippen LogP contribution >= 0.6 is 0 Å². The van der Waals surface area contributed by atoms with E-state index >= 15 is 0 Å². The molecule has 0 fully saturated rings. The van der Waals surface area contributed by atoms with Gasteiger partial charge in [0.15, 0.2) is 0 Å². The topological polar surface area (TPSA) is 56.9 Å². The van der Waals surface area contributed by atoms with Gasteiger partial charge in [-0.05, 0) is 30.3 Å². The number of anilines is 1. The van der Waals surface area contributed by atoms with Crippen LogP contribution in [0.1, 0.15) is 23.0 Å². The van der Waals surface area contributed by atoms with Crippen molar-refractivity contribution in [1.82, 2.24) is 10.3 Å². The molecule has 0 unspecified atom stereocenters. The predicted octanol–water partition coefficient (Wildman–Crippen LogP) is 2.38. The molecule has 94 valence electrons.